The molecule has 3 rings (SSSR count). The number of rotatable bonds is 4. The number of anilines is 1. The summed E-state index contributed by atoms with van der Waals surface area (Å²) in [5.74, 6) is -0.905. The molecule has 6 nitrogen and oxygen atoms in total. The number of methoxy groups -OCH3 is 1. The number of hydrogen-bond donors (Lipinski definition) is 2. The lowest BCUT2D eigenvalue weighted by Gasteiger charge is -2.11. The Bertz CT molecular complexity index is 862. The van der Waals surface area contributed by atoms with Crippen molar-refractivity contribution in [3.8, 4) is 5.75 Å². The van der Waals surface area contributed by atoms with E-state index in [-0.39, 0.29) is 6.42 Å². The Balaban J connectivity index is 2.18. The number of hydrogen-bond acceptors (Lipinski definition) is 4. The van der Waals surface area contributed by atoms with Crippen LogP contribution in [0.2, 0.25) is 0 Å². The van der Waals surface area contributed by atoms with Crippen molar-refractivity contribution in [2.75, 3.05) is 12.4 Å². The van der Waals surface area contributed by atoms with E-state index in [9.17, 15) is 9.59 Å². The highest BCUT2D eigenvalue weighted by molar-refractivity contribution is 9.10. The zero-order valence-electron chi connectivity index (χ0n) is 13.3. The molecular formula is C18H15BrN2O4. The van der Waals surface area contributed by atoms with Gasteiger partial charge in [-0.05, 0) is 30.3 Å². The van der Waals surface area contributed by atoms with Gasteiger partial charge in [0.2, 0.25) is 5.91 Å². The smallest absolute Gasteiger partial charge is 0.306 e. The molecule has 128 valence electrons. The largest absolute Gasteiger partial charge is 0.497 e. The summed E-state index contributed by atoms with van der Waals surface area (Å²) >= 11 is 3.39. The van der Waals surface area contributed by atoms with Crippen LogP contribution in [0.3, 0.4) is 0 Å². The summed E-state index contributed by atoms with van der Waals surface area (Å²) < 4.78 is 6.18. The molecule has 0 aromatic heterocycles. The normalized spacial score (nSPS) is 16.3. The molecule has 0 fully saturated rings. The number of benzodiazepines with no additional fused rings is 1. The third-order valence-electron chi connectivity index (χ3n) is 3.81. The first-order valence-electron chi connectivity index (χ1n) is 7.52. The molecular weight excluding hydrogens is 388 g/mol. The lowest BCUT2D eigenvalue weighted by Crippen LogP contribution is -2.27. The van der Waals surface area contributed by atoms with Crippen LogP contribution in [0.5, 0.6) is 5.75 Å². The molecule has 0 bridgehead atoms. The van der Waals surface area contributed by atoms with Crippen molar-refractivity contribution >= 4 is 39.2 Å². The lowest BCUT2D eigenvalue weighted by molar-refractivity contribution is -0.138. The summed E-state index contributed by atoms with van der Waals surface area (Å²) in [6.07, 6.45) is -0.378. The minimum Gasteiger partial charge on any atom is -0.497 e. The standard InChI is InChI=1S/C18H15BrN2O4/c1-25-12-6-7-14-13(8-12)17(10-2-4-11(19)5-3-10)20-15(9-16(22)23)18(24)21-14/h2-8,15H,9H2,1H3,(H,21,24)(H,22,23)/t15-/m0/s1. The van der Waals surface area contributed by atoms with Crippen molar-refractivity contribution in [2.24, 2.45) is 4.99 Å². The molecule has 2 aromatic carbocycles. The number of fused-ring (bicyclic) bond motifs is 1. The zero-order valence-corrected chi connectivity index (χ0v) is 14.9. The van der Waals surface area contributed by atoms with Crippen LogP contribution in [-0.4, -0.2) is 35.8 Å². The second kappa shape index (κ2) is 7.06. The summed E-state index contributed by atoms with van der Waals surface area (Å²) in [7, 11) is 1.56. The van der Waals surface area contributed by atoms with Gasteiger partial charge in [-0.1, -0.05) is 28.1 Å². The molecule has 1 aliphatic heterocycles. The van der Waals surface area contributed by atoms with Gasteiger partial charge in [-0.3, -0.25) is 14.6 Å². The van der Waals surface area contributed by atoms with E-state index in [0.29, 0.717) is 22.7 Å². The quantitative estimate of drug-likeness (QED) is 0.822. The molecule has 2 N–H and O–H groups in total. The SMILES string of the molecule is COc1ccc2c(c1)C(c1ccc(Br)cc1)=N[C@@H](CC(=O)O)C(=O)N2. The van der Waals surface area contributed by atoms with Gasteiger partial charge in [0.25, 0.3) is 0 Å². The molecule has 0 spiro atoms. The minimum atomic E-state index is -1.08. The first-order chi connectivity index (χ1) is 12.0. The molecule has 1 heterocycles. The van der Waals surface area contributed by atoms with E-state index in [1.807, 2.05) is 24.3 Å². The Morgan fingerprint density at radius 2 is 2.00 bits per heavy atom. The average molecular weight is 403 g/mol. The van der Waals surface area contributed by atoms with Crippen LogP contribution in [0, 0.1) is 0 Å². The minimum absolute atomic E-state index is 0.378. The number of aliphatic carboxylic acids is 1. The van der Waals surface area contributed by atoms with E-state index in [4.69, 9.17) is 9.84 Å². The lowest BCUT2D eigenvalue weighted by atomic mass is 10.00. The molecule has 0 radical (unpaired) electrons. The van der Waals surface area contributed by atoms with Crippen molar-refractivity contribution in [1.82, 2.24) is 0 Å². The van der Waals surface area contributed by atoms with E-state index in [0.717, 1.165) is 10.0 Å². The van der Waals surface area contributed by atoms with Crippen LogP contribution < -0.4 is 10.1 Å². The van der Waals surface area contributed by atoms with Gasteiger partial charge < -0.3 is 15.2 Å². The fourth-order valence-electron chi connectivity index (χ4n) is 2.60. The molecule has 0 unspecified atom stereocenters. The number of nitrogens with one attached hydrogen (secondary N) is 1. The van der Waals surface area contributed by atoms with E-state index >= 15 is 0 Å². The molecule has 0 saturated heterocycles. The first kappa shape index (κ1) is 17.2. The van der Waals surface area contributed by atoms with Crippen molar-refractivity contribution < 1.29 is 19.4 Å². The number of benzene rings is 2. The molecule has 2 aromatic rings. The number of carboxylic acid groups (broad SMARTS) is 1. The predicted octanol–water partition coefficient (Wildman–Crippen LogP) is 3.09. The Kier molecular flexibility index (Phi) is 4.85. The van der Waals surface area contributed by atoms with Crippen LogP contribution in [0.1, 0.15) is 17.5 Å². The predicted molar refractivity (Wildman–Crippen MR) is 97.4 cm³/mol. The highest BCUT2D eigenvalue weighted by Gasteiger charge is 2.28. The summed E-state index contributed by atoms with van der Waals surface area (Å²) in [4.78, 5) is 28.0. The summed E-state index contributed by atoms with van der Waals surface area (Å²) in [5, 5.41) is 11.9. The van der Waals surface area contributed by atoms with Gasteiger partial charge in [0.15, 0.2) is 0 Å². The number of aliphatic imine (C=N–C) groups is 1. The molecule has 1 atom stereocenters. The van der Waals surface area contributed by atoms with Gasteiger partial charge in [0.05, 0.1) is 24.9 Å². The summed E-state index contributed by atoms with van der Waals surface area (Å²) in [6, 6.07) is 11.7. The summed E-state index contributed by atoms with van der Waals surface area (Å²) in [5.41, 5.74) is 2.58. The highest BCUT2D eigenvalue weighted by atomic mass is 79.9. The van der Waals surface area contributed by atoms with Crippen molar-refractivity contribution in [1.29, 1.82) is 0 Å². The van der Waals surface area contributed by atoms with Gasteiger partial charge >= 0.3 is 5.97 Å². The Hall–Kier alpha value is -2.67. The Labute approximate surface area is 152 Å². The van der Waals surface area contributed by atoms with E-state index in [1.54, 1.807) is 25.3 Å². The Morgan fingerprint density at radius 1 is 1.28 bits per heavy atom. The average Bonchev–Trinajstić information content (AvgIpc) is 2.72. The van der Waals surface area contributed by atoms with Gasteiger partial charge in [-0.15, -0.1) is 0 Å². The third-order valence-corrected chi connectivity index (χ3v) is 4.34. The van der Waals surface area contributed by atoms with E-state index in [2.05, 4.69) is 26.2 Å². The van der Waals surface area contributed by atoms with Crippen molar-refractivity contribution in [3.63, 3.8) is 0 Å². The summed E-state index contributed by atoms with van der Waals surface area (Å²) in [6.45, 7) is 0. The maximum absolute atomic E-state index is 12.4. The van der Waals surface area contributed by atoms with Crippen LogP contribution in [-0.2, 0) is 9.59 Å². The molecule has 1 amide bonds. The zero-order chi connectivity index (χ0) is 18.0. The van der Waals surface area contributed by atoms with E-state index in [1.165, 1.54) is 0 Å². The van der Waals surface area contributed by atoms with Crippen molar-refractivity contribution in [2.45, 2.75) is 12.5 Å². The third kappa shape index (κ3) is 3.71. The maximum Gasteiger partial charge on any atom is 0.306 e. The number of ether oxygens (including phenoxy) is 1. The van der Waals surface area contributed by atoms with Crippen LogP contribution in [0.4, 0.5) is 5.69 Å². The van der Waals surface area contributed by atoms with Crippen LogP contribution >= 0.6 is 15.9 Å². The topological polar surface area (TPSA) is 88.0 Å². The molecule has 0 aliphatic carbocycles. The number of halogens is 1. The highest BCUT2D eigenvalue weighted by Crippen LogP contribution is 2.29. The molecule has 1 aliphatic rings. The van der Waals surface area contributed by atoms with Gasteiger partial charge in [0, 0.05) is 15.6 Å². The first-order valence-corrected chi connectivity index (χ1v) is 8.32. The fourth-order valence-corrected chi connectivity index (χ4v) is 2.86. The number of carboxylic acids is 1. The van der Waals surface area contributed by atoms with Gasteiger partial charge in [-0.25, -0.2) is 0 Å². The fraction of sp³-hybridized carbons (Fsp3) is 0.167. The maximum atomic E-state index is 12.4. The molecule has 25 heavy (non-hydrogen) atoms. The van der Waals surface area contributed by atoms with Crippen molar-refractivity contribution in [3.05, 3.63) is 58.1 Å². The number of carbonyl (C=O) groups excluding carboxylic acids is 1. The van der Waals surface area contributed by atoms with E-state index < -0.39 is 17.9 Å². The second-order valence-corrected chi connectivity index (χ2v) is 6.41. The molecule has 7 heteroatoms. The Morgan fingerprint density at radius 3 is 2.64 bits per heavy atom. The van der Waals surface area contributed by atoms with Crippen LogP contribution in [0.15, 0.2) is 51.9 Å². The number of nitrogens with zero attached hydrogens (tertiary/aromatic N) is 1. The van der Waals surface area contributed by atoms with Gasteiger partial charge in [-0.2, -0.15) is 0 Å². The monoisotopic (exact) mass is 402 g/mol. The second-order valence-electron chi connectivity index (χ2n) is 5.50. The van der Waals surface area contributed by atoms with Gasteiger partial charge in [0.1, 0.15) is 11.8 Å². The molecule has 0 saturated carbocycles. The van der Waals surface area contributed by atoms with Crippen LogP contribution in [0.25, 0.3) is 0 Å². The number of carbonyl (C=O) groups is 2. The number of amides is 1.